The smallest absolute Gasteiger partial charge is 0.303 e. The van der Waals surface area contributed by atoms with Gasteiger partial charge in [-0.1, -0.05) is 67.1 Å². The topological polar surface area (TPSA) is 38.8 Å². The van der Waals surface area contributed by atoms with Gasteiger partial charge in [0.05, 0.1) is 6.61 Å². The number of esters is 1. The average molecular weight is 432 g/mol. The molecule has 3 atom stereocenters. The maximum absolute atomic E-state index is 11.7. The number of benzene rings is 2. The van der Waals surface area contributed by atoms with Crippen molar-refractivity contribution in [3.63, 3.8) is 0 Å². The average Bonchev–Trinajstić information content (AvgIpc) is 2.72. The third-order valence-electron chi connectivity index (χ3n) is 5.78. The molecule has 0 bridgehead atoms. The first-order chi connectivity index (χ1) is 14.0. The Morgan fingerprint density at radius 2 is 1.47 bits per heavy atom. The van der Waals surface area contributed by atoms with Crippen LogP contribution in [0.2, 0.25) is 0 Å². The molecule has 1 heterocycles. The van der Waals surface area contributed by atoms with E-state index >= 15 is 0 Å². The second-order valence-corrected chi connectivity index (χ2v) is 8.09. The van der Waals surface area contributed by atoms with E-state index in [0.717, 1.165) is 11.1 Å². The number of hydrogen-bond donors (Lipinski definition) is 0. The maximum Gasteiger partial charge on any atom is 0.303 e. The van der Waals surface area contributed by atoms with Crippen LogP contribution >= 0.6 is 12.4 Å². The number of carbonyl (C=O) groups is 1. The van der Waals surface area contributed by atoms with Gasteiger partial charge in [0.25, 0.3) is 0 Å². The van der Waals surface area contributed by atoms with Gasteiger partial charge < -0.3 is 9.47 Å². The Hall–Kier alpha value is -1.88. The third kappa shape index (κ3) is 6.83. The van der Waals surface area contributed by atoms with Crippen LogP contribution in [0.5, 0.6) is 0 Å². The van der Waals surface area contributed by atoms with Crippen LogP contribution in [-0.2, 0) is 14.3 Å². The monoisotopic (exact) mass is 431 g/mol. The van der Waals surface area contributed by atoms with Crippen molar-refractivity contribution >= 4 is 18.4 Å². The molecule has 0 aromatic heterocycles. The summed E-state index contributed by atoms with van der Waals surface area (Å²) in [5, 5.41) is 0. The summed E-state index contributed by atoms with van der Waals surface area (Å²) in [5.74, 6) is -0.258. The minimum atomic E-state index is -0.287. The Morgan fingerprint density at radius 1 is 0.967 bits per heavy atom. The molecule has 4 nitrogen and oxygen atoms in total. The van der Waals surface area contributed by atoms with Gasteiger partial charge in [-0.05, 0) is 37.8 Å². The minimum Gasteiger partial charge on any atom is -0.459 e. The Bertz CT molecular complexity index is 706. The Balaban J connectivity index is 0.00000320. The SMILES string of the molecule is CC(=O)OC(COC(c1ccccc1)c1ccccc1)CN1C(C)CCCC1C.Cl. The highest BCUT2D eigenvalue weighted by atomic mass is 35.5. The molecule has 0 radical (unpaired) electrons. The standard InChI is InChI=1S/C25H33NO3.ClH/c1-19-11-10-12-20(2)26(19)17-24(29-21(3)27)18-28-25(22-13-6-4-7-14-22)23-15-8-5-9-16-23;/h4-9,13-16,19-20,24-25H,10-12,17-18H2,1-3H3;1H. The quantitative estimate of drug-likeness (QED) is 0.524. The third-order valence-corrected chi connectivity index (χ3v) is 5.78. The number of nitrogens with zero attached hydrogens (tertiary/aromatic N) is 1. The van der Waals surface area contributed by atoms with Gasteiger partial charge in [0.15, 0.2) is 0 Å². The molecular formula is C25H34ClNO3. The van der Waals surface area contributed by atoms with E-state index in [-0.39, 0.29) is 30.6 Å². The van der Waals surface area contributed by atoms with E-state index in [0.29, 0.717) is 25.2 Å². The number of likely N-dealkylation sites (tertiary alicyclic amines) is 1. The first-order valence-electron chi connectivity index (χ1n) is 10.7. The zero-order valence-electron chi connectivity index (χ0n) is 18.2. The molecule has 2 aromatic carbocycles. The van der Waals surface area contributed by atoms with Gasteiger partial charge in [0.2, 0.25) is 0 Å². The van der Waals surface area contributed by atoms with Crippen molar-refractivity contribution in [3.8, 4) is 0 Å². The zero-order chi connectivity index (χ0) is 20.6. The van der Waals surface area contributed by atoms with E-state index in [2.05, 4.69) is 43.0 Å². The zero-order valence-corrected chi connectivity index (χ0v) is 19.0. The van der Waals surface area contributed by atoms with Crippen LogP contribution in [0.25, 0.3) is 0 Å². The first-order valence-corrected chi connectivity index (χ1v) is 10.7. The van der Waals surface area contributed by atoms with Crippen LogP contribution in [0, 0.1) is 0 Å². The minimum absolute atomic E-state index is 0. The number of halogens is 1. The van der Waals surface area contributed by atoms with E-state index in [4.69, 9.17) is 9.47 Å². The number of hydrogen-bond acceptors (Lipinski definition) is 4. The van der Waals surface area contributed by atoms with Gasteiger partial charge in [-0.15, -0.1) is 12.4 Å². The molecule has 1 fully saturated rings. The van der Waals surface area contributed by atoms with Crippen molar-refractivity contribution in [2.24, 2.45) is 0 Å². The molecule has 164 valence electrons. The summed E-state index contributed by atoms with van der Waals surface area (Å²) >= 11 is 0. The second kappa shape index (κ2) is 12.1. The van der Waals surface area contributed by atoms with E-state index in [1.807, 2.05) is 36.4 Å². The number of piperidine rings is 1. The number of carbonyl (C=O) groups excluding carboxylic acids is 1. The summed E-state index contributed by atoms with van der Waals surface area (Å²) in [6.07, 6.45) is 3.16. The fourth-order valence-corrected chi connectivity index (χ4v) is 4.27. The molecule has 30 heavy (non-hydrogen) atoms. The highest BCUT2D eigenvalue weighted by Crippen LogP contribution is 2.27. The predicted molar refractivity (Wildman–Crippen MR) is 123 cm³/mol. The van der Waals surface area contributed by atoms with Crippen LogP contribution in [0.1, 0.15) is 57.3 Å². The van der Waals surface area contributed by atoms with Crippen LogP contribution < -0.4 is 0 Å². The highest BCUT2D eigenvalue weighted by molar-refractivity contribution is 5.85. The van der Waals surface area contributed by atoms with Crippen LogP contribution in [0.15, 0.2) is 60.7 Å². The molecule has 0 aliphatic carbocycles. The van der Waals surface area contributed by atoms with Gasteiger partial charge >= 0.3 is 5.97 Å². The van der Waals surface area contributed by atoms with Crippen molar-refractivity contribution in [2.75, 3.05) is 13.2 Å². The second-order valence-electron chi connectivity index (χ2n) is 8.09. The molecule has 1 saturated heterocycles. The summed E-state index contributed by atoms with van der Waals surface area (Å²) in [6.45, 7) is 7.07. The molecule has 0 spiro atoms. The first kappa shape index (κ1) is 24.4. The van der Waals surface area contributed by atoms with Crippen molar-refractivity contribution in [3.05, 3.63) is 71.8 Å². The van der Waals surface area contributed by atoms with Crippen LogP contribution in [0.4, 0.5) is 0 Å². The molecule has 0 amide bonds. The molecule has 5 heteroatoms. The summed E-state index contributed by atoms with van der Waals surface area (Å²) < 4.78 is 12.1. The Kier molecular flexibility index (Phi) is 9.83. The van der Waals surface area contributed by atoms with Crippen molar-refractivity contribution < 1.29 is 14.3 Å². The maximum atomic E-state index is 11.7. The van der Waals surface area contributed by atoms with E-state index < -0.39 is 0 Å². The van der Waals surface area contributed by atoms with Gasteiger partial charge in [-0.25, -0.2) is 0 Å². The van der Waals surface area contributed by atoms with E-state index in [9.17, 15) is 4.79 Å². The molecule has 2 aromatic rings. The van der Waals surface area contributed by atoms with Crippen LogP contribution in [-0.4, -0.2) is 42.2 Å². The summed E-state index contributed by atoms with van der Waals surface area (Å²) in [7, 11) is 0. The Morgan fingerprint density at radius 3 is 1.93 bits per heavy atom. The lowest BCUT2D eigenvalue weighted by molar-refractivity contribution is -0.152. The fourth-order valence-electron chi connectivity index (χ4n) is 4.27. The van der Waals surface area contributed by atoms with Crippen molar-refractivity contribution in [2.45, 2.75) is 64.3 Å². The largest absolute Gasteiger partial charge is 0.459 e. The van der Waals surface area contributed by atoms with Gasteiger partial charge in [0, 0.05) is 25.6 Å². The van der Waals surface area contributed by atoms with E-state index in [1.54, 1.807) is 0 Å². The van der Waals surface area contributed by atoms with Gasteiger partial charge in [-0.2, -0.15) is 0 Å². The molecule has 1 aliphatic heterocycles. The molecule has 0 saturated carbocycles. The molecule has 1 aliphatic rings. The summed E-state index contributed by atoms with van der Waals surface area (Å²) in [5.41, 5.74) is 2.19. The van der Waals surface area contributed by atoms with Gasteiger partial charge in [-0.3, -0.25) is 9.69 Å². The number of ether oxygens (including phenoxy) is 2. The molecule has 3 unspecified atom stereocenters. The summed E-state index contributed by atoms with van der Waals surface area (Å²) in [4.78, 5) is 14.2. The normalized spacial score (nSPS) is 20.4. The molecule has 3 rings (SSSR count). The van der Waals surface area contributed by atoms with E-state index in [1.165, 1.54) is 26.2 Å². The lowest BCUT2D eigenvalue weighted by atomic mass is 9.97. The van der Waals surface area contributed by atoms with Crippen molar-refractivity contribution in [1.29, 1.82) is 0 Å². The Labute approximate surface area is 187 Å². The molecule has 0 N–H and O–H groups in total. The highest BCUT2D eigenvalue weighted by Gasteiger charge is 2.29. The fraction of sp³-hybridized carbons (Fsp3) is 0.480. The predicted octanol–water partition coefficient (Wildman–Crippen LogP) is 5.41. The summed E-state index contributed by atoms with van der Waals surface area (Å²) in [6, 6.07) is 21.4. The number of rotatable bonds is 8. The van der Waals surface area contributed by atoms with Gasteiger partial charge in [0.1, 0.15) is 12.2 Å². The molecular weight excluding hydrogens is 398 g/mol. The lowest BCUT2D eigenvalue weighted by Gasteiger charge is -2.40. The lowest BCUT2D eigenvalue weighted by Crippen LogP contribution is -2.49. The van der Waals surface area contributed by atoms with Crippen LogP contribution in [0.3, 0.4) is 0 Å². The van der Waals surface area contributed by atoms with Crippen molar-refractivity contribution in [1.82, 2.24) is 4.90 Å².